The normalized spacial score (nSPS) is 26.2. The standard InChI is InChI=1S/C16H16ClN3O3S/c1-16-5-4-14(21)20(16)12(9-24-16)15(22)23-8-11-7-19-6-10(17)2-3-13(19)18-11/h2-3,6-7,12H,4-5,8-9H2,1H3/t12-,16+/m1/s1. The van der Waals surface area contributed by atoms with Gasteiger partial charge >= 0.3 is 5.97 Å². The van der Waals surface area contributed by atoms with Crippen LogP contribution < -0.4 is 0 Å². The highest BCUT2D eigenvalue weighted by Gasteiger charge is 2.53. The van der Waals surface area contributed by atoms with E-state index in [0.29, 0.717) is 22.9 Å². The lowest BCUT2D eigenvalue weighted by molar-refractivity contribution is -0.154. The van der Waals surface area contributed by atoms with Gasteiger partial charge in [-0.2, -0.15) is 0 Å². The van der Waals surface area contributed by atoms with Crippen LogP contribution in [-0.4, -0.2) is 42.8 Å². The number of fused-ring (bicyclic) bond motifs is 2. The SMILES string of the molecule is C[C@]12CCC(=O)N1[C@@H](C(=O)OCc1cn3cc(Cl)ccc3n1)CS2. The molecule has 0 aromatic carbocycles. The van der Waals surface area contributed by atoms with E-state index in [1.807, 2.05) is 6.92 Å². The van der Waals surface area contributed by atoms with E-state index in [4.69, 9.17) is 16.3 Å². The Bertz CT molecular complexity index is 839. The number of halogens is 1. The molecule has 0 N–H and O–H groups in total. The fourth-order valence-corrected chi connectivity index (χ4v) is 4.91. The van der Waals surface area contributed by atoms with E-state index in [2.05, 4.69) is 4.98 Å². The summed E-state index contributed by atoms with van der Waals surface area (Å²) in [4.78, 5) is 30.3. The minimum atomic E-state index is -0.499. The quantitative estimate of drug-likeness (QED) is 0.782. The summed E-state index contributed by atoms with van der Waals surface area (Å²) < 4.78 is 7.21. The molecule has 0 unspecified atom stereocenters. The summed E-state index contributed by atoms with van der Waals surface area (Å²) in [6.07, 6.45) is 4.81. The molecule has 0 spiro atoms. The van der Waals surface area contributed by atoms with Crippen LogP contribution in [0.3, 0.4) is 0 Å². The Morgan fingerprint density at radius 2 is 2.33 bits per heavy atom. The van der Waals surface area contributed by atoms with Crippen molar-refractivity contribution in [3.63, 3.8) is 0 Å². The molecule has 126 valence electrons. The number of nitrogens with zero attached hydrogens (tertiary/aromatic N) is 3. The van der Waals surface area contributed by atoms with E-state index in [0.717, 1.165) is 12.1 Å². The van der Waals surface area contributed by atoms with Crippen LogP contribution in [0.1, 0.15) is 25.5 Å². The van der Waals surface area contributed by atoms with E-state index in [1.165, 1.54) is 0 Å². The monoisotopic (exact) mass is 365 g/mol. The molecule has 0 bridgehead atoms. The molecule has 2 saturated heterocycles. The van der Waals surface area contributed by atoms with E-state index < -0.39 is 6.04 Å². The summed E-state index contributed by atoms with van der Waals surface area (Å²) in [5, 5.41) is 0.609. The van der Waals surface area contributed by atoms with Gasteiger partial charge in [-0.1, -0.05) is 11.6 Å². The second-order valence-electron chi connectivity index (χ2n) is 6.22. The lowest BCUT2D eigenvalue weighted by Crippen LogP contribution is -2.46. The third-order valence-electron chi connectivity index (χ3n) is 4.54. The van der Waals surface area contributed by atoms with Gasteiger partial charge in [0.15, 0.2) is 0 Å². The number of aromatic nitrogens is 2. The topological polar surface area (TPSA) is 63.9 Å². The zero-order valence-electron chi connectivity index (χ0n) is 13.1. The molecule has 24 heavy (non-hydrogen) atoms. The van der Waals surface area contributed by atoms with Gasteiger partial charge in [0.2, 0.25) is 5.91 Å². The van der Waals surface area contributed by atoms with E-state index in [1.54, 1.807) is 45.6 Å². The lowest BCUT2D eigenvalue weighted by atomic mass is 10.2. The molecule has 2 aliphatic heterocycles. The third-order valence-corrected chi connectivity index (χ3v) is 6.27. The summed E-state index contributed by atoms with van der Waals surface area (Å²) in [6, 6.07) is 3.06. The molecule has 4 heterocycles. The minimum absolute atomic E-state index is 0.0341. The zero-order chi connectivity index (χ0) is 16.9. The first kappa shape index (κ1) is 15.8. The summed E-state index contributed by atoms with van der Waals surface area (Å²) >= 11 is 7.60. The van der Waals surface area contributed by atoms with Crippen molar-refractivity contribution in [1.82, 2.24) is 14.3 Å². The third kappa shape index (κ3) is 2.56. The van der Waals surface area contributed by atoms with Crippen LogP contribution in [0.25, 0.3) is 5.65 Å². The molecule has 8 heteroatoms. The van der Waals surface area contributed by atoms with Crippen LogP contribution in [0.15, 0.2) is 24.5 Å². The number of carbonyl (C=O) groups is 2. The van der Waals surface area contributed by atoms with Gasteiger partial charge in [-0.3, -0.25) is 4.79 Å². The fourth-order valence-electron chi connectivity index (χ4n) is 3.32. The zero-order valence-corrected chi connectivity index (χ0v) is 14.6. The summed E-state index contributed by atoms with van der Waals surface area (Å²) in [5.41, 5.74) is 1.39. The molecule has 1 amide bonds. The average molecular weight is 366 g/mol. The Kier molecular flexibility index (Phi) is 3.73. The summed E-state index contributed by atoms with van der Waals surface area (Å²) in [7, 11) is 0. The maximum atomic E-state index is 12.4. The second kappa shape index (κ2) is 5.67. The van der Waals surface area contributed by atoms with Crippen LogP contribution in [-0.2, 0) is 20.9 Å². The maximum Gasteiger partial charge on any atom is 0.330 e. The minimum Gasteiger partial charge on any atom is -0.458 e. The van der Waals surface area contributed by atoms with Crippen molar-refractivity contribution in [3.8, 4) is 0 Å². The van der Waals surface area contributed by atoms with Crippen LogP contribution >= 0.6 is 23.4 Å². The number of hydrogen-bond donors (Lipinski definition) is 0. The van der Waals surface area contributed by atoms with Crippen LogP contribution in [0.5, 0.6) is 0 Å². The molecule has 6 nitrogen and oxygen atoms in total. The van der Waals surface area contributed by atoms with Gasteiger partial charge in [0.1, 0.15) is 18.3 Å². The predicted molar refractivity (Wildman–Crippen MR) is 90.7 cm³/mol. The number of ether oxygens (including phenoxy) is 1. The van der Waals surface area contributed by atoms with Gasteiger partial charge in [0, 0.05) is 24.6 Å². The number of rotatable bonds is 3. The summed E-state index contributed by atoms with van der Waals surface area (Å²) in [6.45, 7) is 2.10. The molecule has 2 atom stereocenters. The number of pyridine rings is 1. The number of hydrogen-bond acceptors (Lipinski definition) is 5. The lowest BCUT2D eigenvalue weighted by Gasteiger charge is -2.29. The average Bonchev–Trinajstić information content (AvgIpc) is 3.18. The van der Waals surface area contributed by atoms with Crippen LogP contribution in [0, 0.1) is 0 Å². The van der Waals surface area contributed by atoms with E-state index in [-0.39, 0.29) is 23.4 Å². The molecule has 0 saturated carbocycles. The van der Waals surface area contributed by atoms with E-state index >= 15 is 0 Å². The highest BCUT2D eigenvalue weighted by molar-refractivity contribution is 8.01. The Morgan fingerprint density at radius 3 is 3.17 bits per heavy atom. The summed E-state index contributed by atoms with van der Waals surface area (Å²) in [5.74, 6) is 0.255. The molecule has 2 aromatic heterocycles. The van der Waals surface area contributed by atoms with Crippen LogP contribution in [0.4, 0.5) is 0 Å². The Hall–Kier alpha value is -1.73. The molecule has 2 fully saturated rings. The first-order valence-electron chi connectivity index (χ1n) is 7.72. The Morgan fingerprint density at radius 1 is 1.50 bits per heavy atom. The van der Waals surface area contributed by atoms with Gasteiger partial charge in [0.25, 0.3) is 0 Å². The molecule has 4 rings (SSSR count). The Labute approximate surface area is 148 Å². The van der Waals surface area contributed by atoms with Crippen molar-refractivity contribution in [3.05, 3.63) is 35.2 Å². The molecule has 0 radical (unpaired) electrons. The van der Waals surface area contributed by atoms with Crippen molar-refractivity contribution in [2.75, 3.05) is 5.75 Å². The van der Waals surface area contributed by atoms with Crippen molar-refractivity contribution >= 4 is 40.9 Å². The number of esters is 1. The number of thioether (sulfide) groups is 1. The van der Waals surface area contributed by atoms with Crippen molar-refractivity contribution in [2.45, 2.75) is 37.3 Å². The molecule has 2 aromatic rings. The number of carbonyl (C=O) groups excluding carboxylic acids is 2. The fraction of sp³-hybridized carbons (Fsp3) is 0.438. The molecular weight excluding hydrogens is 350 g/mol. The number of imidazole rings is 1. The second-order valence-corrected chi connectivity index (χ2v) is 8.16. The molecular formula is C16H16ClN3O3S. The van der Waals surface area contributed by atoms with Gasteiger partial charge in [-0.05, 0) is 25.5 Å². The first-order chi connectivity index (χ1) is 11.5. The van der Waals surface area contributed by atoms with Crippen molar-refractivity contribution in [2.24, 2.45) is 0 Å². The van der Waals surface area contributed by atoms with Crippen molar-refractivity contribution in [1.29, 1.82) is 0 Å². The van der Waals surface area contributed by atoms with E-state index in [9.17, 15) is 9.59 Å². The predicted octanol–water partition coefficient (Wildman–Crippen LogP) is 2.48. The van der Waals surface area contributed by atoms with Gasteiger partial charge < -0.3 is 14.0 Å². The largest absolute Gasteiger partial charge is 0.458 e. The molecule has 2 aliphatic rings. The number of amides is 1. The highest BCUT2D eigenvalue weighted by atomic mass is 35.5. The molecule has 0 aliphatic carbocycles. The Balaban J connectivity index is 1.45. The smallest absolute Gasteiger partial charge is 0.330 e. The maximum absolute atomic E-state index is 12.4. The van der Waals surface area contributed by atoms with Gasteiger partial charge in [-0.15, -0.1) is 11.8 Å². The first-order valence-corrected chi connectivity index (χ1v) is 9.08. The van der Waals surface area contributed by atoms with Gasteiger partial charge in [0.05, 0.1) is 15.6 Å². The van der Waals surface area contributed by atoms with Crippen molar-refractivity contribution < 1.29 is 14.3 Å². The van der Waals surface area contributed by atoms with Gasteiger partial charge in [-0.25, -0.2) is 9.78 Å². The highest BCUT2D eigenvalue weighted by Crippen LogP contribution is 2.47. The van der Waals surface area contributed by atoms with Crippen LogP contribution in [0.2, 0.25) is 5.02 Å².